The van der Waals surface area contributed by atoms with Gasteiger partial charge in [-0.1, -0.05) is 48.9 Å². The van der Waals surface area contributed by atoms with Gasteiger partial charge in [0.05, 0.1) is 6.61 Å². The molecule has 3 unspecified atom stereocenters. The number of carbonyl (C=O) groups excluding carboxylic acids is 3. The van der Waals surface area contributed by atoms with Gasteiger partial charge >= 0.3 is 6.09 Å². The number of benzene rings is 2. The van der Waals surface area contributed by atoms with Crippen molar-refractivity contribution in [2.45, 2.75) is 85.5 Å². The summed E-state index contributed by atoms with van der Waals surface area (Å²) in [6.07, 6.45) is -0.272. The van der Waals surface area contributed by atoms with E-state index in [1.54, 1.807) is 20.8 Å². The van der Waals surface area contributed by atoms with E-state index in [0.717, 1.165) is 16.7 Å². The number of aryl methyl sites for hydroxylation is 3. The molecule has 0 radical (unpaired) electrons. The summed E-state index contributed by atoms with van der Waals surface area (Å²) in [7, 11) is 0. The maximum Gasteiger partial charge on any atom is 0.408 e. The maximum atomic E-state index is 13.9. The van der Waals surface area contributed by atoms with Gasteiger partial charge in [-0.3, -0.25) is 9.59 Å². The third-order valence-electron chi connectivity index (χ3n) is 6.14. The van der Waals surface area contributed by atoms with Crippen LogP contribution in [0.5, 0.6) is 0 Å². The zero-order chi connectivity index (χ0) is 27.9. The van der Waals surface area contributed by atoms with Gasteiger partial charge in [0, 0.05) is 11.7 Å². The van der Waals surface area contributed by atoms with Crippen molar-refractivity contribution in [1.29, 1.82) is 0 Å². The van der Waals surface area contributed by atoms with Crippen LogP contribution in [0.1, 0.15) is 69.3 Å². The van der Waals surface area contributed by atoms with E-state index in [1.165, 1.54) is 4.90 Å². The van der Waals surface area contributed by atoms with E-state index < -0.39 is 36.3 Å². The Bertz CT molecular complexity index is 1110. The largest absolute Gasteiger partial charge is 0.444 e. The molecule has 3 N–H and O–H groups in total. The van der Waals surface area contributed by atoms with E-state index in [-0.39, 0.29) is 11.9 Å². The summed E-state index contributed by atoms with van der Waals surface area (Å²) in [5.74, 6) is -0.962. The van der Waals surface area contributed by atoms with Crippen LogP contribution in [0.25, 0.3) is 0 Å². The SMILES string of the molecule is CCC(C)N(C(=O)C(CO)NC(=O)OC(C)(C)C)C(C(=O)Nc1ccccc1C)c1ccc(C)cc1C. The van der Waals surface area contributed by atoms with Crippen LogP contribution in [0.2, 0.25) is 0 Å². The number of hydrogen-bond donors (Lipinski definition) is 3. The van der Waals surface area contributed by atoms with Crippen LogP contribution in [-0.2, 0) is 14.3 Å². The summed E-state index contributed by atoms with van der Waals surface area (Å²) < 4.78 is 5.29. The van der Waals surface area contributed by atoms with Gasteiger partial charge in [-0.05, 0) is 77.6 Å². The number of anilines is 1. The number of hydrogen-bond acceptors (Lipinski definition) is 5. The number of carbonyl (C=O) groups is 3. The van der Waals surface area contributed by atoms with E-state index in [2.05, 4.69) is 10.6 Å². The average Bonchev–Trinajstić information content (AvgIpc) is 2.81. The molecule has 0 spiro atoms. The highest BCUT2D eigenvalue weighted by molar-refractivity contribution is 5.99. The van der Waals surface area contributed by atoms with Crippen molar-refractivity contribution in [3.63, 3.8) is 0 Å². The molecule has 0 fully saturated rings. The van der Waals surface area contributed by atoms with Crippen molar-refractivity contribution >= 4 is 23.6 Å². The molecule has 8 nitrogen and oxygen atoms in total. The zero-order valence-corrected chi connectivity index (χ0v) is 23.2. The number of ether oxygens (including phenoxy) is 1. The number of aliphatic hydroxyl groups is 1. The summed E-state index contributed by atoms with van der Waals surface area (Å²) in [6.45, 7) is 14.0. The van der Waals surface area contributed by atoms with Crippen molar-refractivity contribution in [2.24, 2.45) is 0 Å². The third-order valence-corrected chi connectivity index (χ3v) is 6.14. The Hall–Kier alpha value is -3.39. The van der Waals surface area contributed by atoms with E-state index in [0.29, 0.717) is 17.7 Å². The van der Waals surface area contributed by atoms with E-state index in [9.17, 15) is 19.5 Å². The summed E-state index contributed by atoms with van der Waals surface area (Å²) in [5, 5.41) is 15.5. The number of alkyl carbamates (subject to hydrolysis) is 1. The number of nitrogens with zero attached hydrogens (tertiary/aromatic N) is 1. The molecule has 8 heteroatoms. The molecule has 0 saturated heterocycles. The monoisotopic (exact) mass is 511 g/mol. The van der Waals surface area contributed by atoms with Crippen molar-refractivity contribution in [1.82, 2.24) is 10.2 Å². The van der Waals surface area contributed by atoms with Gasteiger partial charge in [0.2, 0.25) is 5.91 Å². The quantitative estimate of drug-likeness (QED) is 0.448. The lowest BCUT2D eigenvalue weighted by atomic mass is 9.95. The van der Waals surface area contributed by atoms with Crippen LogP contribution >= 0.6 is 0 Å². The minimum absolute atomic E-state index is 0.379. The van der Waals surface area contributed by atoms with Gasteiger partial charge in [-0.2, -0.15) is 0 Å². The topological polar surface area (TPSA) is 108 Å². The average molecular weight is 512 g/mol. The second kappa shape index (κ2) is 12.7. The Kier molecular flexibility index (Phi) is 10.3. The molecule has 2 aromatic carbocycles. The third kappa shape index (κ3) is 8.05. The number of amides is 3. The van der Waals surface area contributed by atoms with Gasteiger partial charge < -0.3 is 25.4 Å². The fourth-order valence-corrected chi connectivity index (χ4v) is 4.07. The minimum atomic E-state index is -1.29. The Morgan fingerprint density at radius 1 is 1.03 bits per heavy atom. The molecule has 37 heavy (non-hydrogen) atoms. The lowest BCUT2D eigenvalue weighted by molar-refractivity contribution is -0.144. The lowest BCUT2D eigenvalue weighted by Gasteiger charge is -2.38. The first kappa shape index (κ1) is 29.8. The van der Waals surface area contributed by atoms with Crippen molar-refractivity contribution in [3.8, 4) is 0 Å². The van der Waals surface area contributed by atoms with Crippen LogP contribution in [0.3, 0.4) is 0 Å². The number of nitrogens with one attached hydrogen (secondary N) is 2. The fraction of sp³-hybridized carbons (Fsp3) is 0.483. The second-order valence-corrected chi connectivity index (χ2v) is 10.5. The van der Waals surface area contributed by atoms with Crippen LogP contribution < -0.4 is 10.6 Å². The molecule has 0 saturated carbocycles. The first-order valence-corrected chi connectivity index (χ1v) is 12.6. The van der Waals surface area contributed by atoms with Crippen molar-refractivity contribution in [3.05, 3.63) is 64.7 Å². The van der Waals surface area contributed by atoms with Crippen molar-refractivity contribution < 1.29 is 24.2 Å². The van der Waals surface area contributed by atoms with E-state index in [4.69, 9.17) is 4.74 Å². The molecule has 0 heterocycles. The second-order valence-electron chi connectivity index (χ2n) is 10.5. The molecule has 2 rings (SSSR count). The normalized spacial score (nSPS) is 13.8. The van der Waals surface area contributed by atoms with Gasteiger partial charge in [0.1, 0.15) is 17.7 Å². The highest BCUT2D eigenvalue weighted by Gasteiger charge is 2.39. The summed E-state index contributed by atoms with van der Waals surface area (Å²) in [4.78, 5) is 41.7. The Labute approximate surface area is 220 Å². The summed E-state index contributed by atoms with van der Waals surface area (Å²) in [6, 6.07) is 10.5. The molecule has 2 aromatic rings. The Balaban J connectivity index is 2.57. The molecule has 0 bridgehead atoms. The standard InChI is InChI=1S/C29H41N3O5/c1-9-21(5)32(27(35)24(17-33)31-28(36)37-29(6,7)8)25(22-15-14-18(2)16-20(22)4)26(34)30-23-13-11-10-12-19(23)3/h10-16,21,24-25,33H,9,17H2,1-8H3,(H,30,34)(H,31,36). The molecular weight excluding hydrogens is 470 g/mol. The summed E-state index contributed by atoms with van der Waals surface area (Å²) >= 11 is 0. The van der Waals surface area contributed by atoms with Gasteiger partial charge in [0.15, 0.2) is 0 Å². The molecular formula is C29H41N3O5. The van der Waals surface area contributed by atoms with Gasteiger partial charge in [-0.15, -0.1) is 0 Å². The molecule has 0 aliphatic carbocycles. The Morgan fingerprint density at radius 3 is 2.22 bits per heavy atom. The fourth-order valence-electron chi connectivity index (χ4n) is 4.07. The van der Waals surface area contributed by atoms with Crippen LogP contribution in [-0.4, -0.2) is 52.2 Å². The van der Waals surface area contributed by atoms with Crippen LogP contribution in [0.4, 0.5) is 10.5 Å². The van der Waals surface area contributed by atoms with E-state index >= 15 is 0 Å². The number of para-hydroxylation sites is 1. The highest BCUT2D eigenvalue weighted by Crippen LogP contribution is 2.30. The minimum Gasteiger partial charge on any atom is -0.444 e. The predicted octanol–water partition coefficient (Wildman–Crippen LogP) is 4.80. The van der Waals surface area contributed by atoms with Gasteiger partial charge in [0.25, 0.3) is 5.91 Å². The molecule has 0 aliphatic heterocycles. The zero-order valence-electron chi connectivity index (χ0n) is 23.2. The number of aliphatic hydroxyl groups excluding tert-OH is 1. The van der Waals surface area contributed by atoms with Crippen molar-refractivity contribution in [2.75, 3.05) is 11.9 Å². The van der Waals surface area contributed by atoms with Crippen LogP contribution in [0.15, 0.2) is 42.5 Å². The molecule has 0 aliphatic rings. The highest BCUT2D eigenvalue weighted by atomic mass is 16.6. The summed E-state index contributed by atoms with van der Waals surface area (Å²) in [5.41, 5.74) is 3.30. The number of rotatable bonds is 9. The lowest BCUT2D eigenvalue weighted by Crippen LogP contribution is -2.56. The van der Waals surface area contributed by atoms with Gasteiger partial charge in [-0.25, -0.2) is 4.79 Å². The maximum absolute atomic E-state index is 13.9. The molecule has 202 valence electrons. The first-order chi connectivity index (χ1) is 17.3. The predicted molar refractivity (Wildman–Crippen MR) is 145 cm³/mol. The van der Waals surface area contributed by atoms with E-state index in [1.807, 2.05) is 77.1 Å². The molecule has 3 amide bonds. The van der Waals surface area contributed by atoms with Crippen LogP contribution in [0, 0.1) is 20.8 Å². The smallest absolute Gasteiger partial charge is 0.408 e. The first-order valence-electron chi connectivity index (χ1n) is 12.6. The molecule has 3 atom stereocenters. The Morgan fingerprint density at radius 2 is 1.68 bits per heavy atom. The molecule has 0 aromatic heterocycles.